The van der Waals surface area contributed by atoms with Crippen LogP contribution in [0.1, 0.15) is 43.5 Å². The van der Waals surface area contributed by atoms with Gasteiger partial charge in [0, 0.05) is 49.9 Å². The maximum atomic E-state index is 13.1. The van der Waals surface area contributed by atoms with Crippen LogP contribution in [0.4, 0.5) is 21.9 Å². The lowest BCUT2D eigenvalue weighted by Gasteiger charge is -2.33. The number of carbonyl (C=O) groups excluding carboxylic acids is 2. The van der Waals surface area contributed by atoms with E-state index in [9.17, 15) is 9.59 Å². The third kappa shape index (κ3) is 7.38. The molecule has 0 bridgehead atoms. The van der Waals surface area contributed by atoms with Gasteiger partial charge in [0.15, 0.2) is 0 Å². The molecule has 34 heavy (non-hydrogen) atoms. The summed E-state index contributed by atoms with van der Waals surface area (Å²) in [5.41, 5.74) is 2.66. The van der Waals surface area contributed by atoms with Gasteiger partial charge in [-0.1, -0.05) is 6.92 Å². The Morgan fingerprint density at radius 1 is 1.03 bits per heavy atom. The van der Waals surface area contributed by atoms with Crippen molar-refractivity contribution < 1.29 is 19.1 Å². The molecule has 0 atom stereocenters. The van der Waals surface area contributed by atoms with E-state index in [-0.39, 0.29) is 11.9 Å². The predicted octanol–water partition coefficient (Wildman–Crippen LogP) is 4.73. The van der Waals surface area contributed by atoms with E-state index in [0.29, 0.717) is 48.4 Å². The first-order chi connectivity index (χ1) is 16.5. The molecule has 3 amide bonds. The van der Waals surface area contributed by atoms with Crippen LogP contribution in [0, 0.1) is 5.92 Å². The van der Waals surface area contributed by atoms with E-state index >= 15 is 0 Å². The molecule has 3 rings (SSSR count). The van der Waals surface area contributed by atoms with Gasteiger partial charge in [-0.25, -0.2) is 4.79 Å². The number of rotatable bonds is 10. The molecule has 8 heteroatoms. The average molecular weight is 469 g/mol. The number of benzene rings is 2. The third-order valence-electron chi connectivity index (χ3n) is 5.93. The number of methoxy groups -OCH3 is 1. The minimum absolute atomic E-state index is 0.149. The van der Waals surface area contributed by atoms with E-state index < -0.39 is 0 Å². The summed E-state index contributed by atoms with van der Waals surface area (Å²) < 4.78 is 10.5. The zero-order valence-electron chi connectivity index (χ0n) is 20.4. The highest BCUT2D eigenvalue weighted by atomic mass is 16.5. The summed E-state index contributed by atoms with van der Waals surface area (Å²) in [6, 6.07) is 12.2. The molecule has 0 unspecified atom stereocenters. The minimum Gasteiger partial charge on any atom is -0.497 e. The lowest BCUT2D eigenvalue weighted by atomic mass is 9.98. The van der Waals surface area contributed by atoms with Crippen molar-refractivity contribution in [3.63, 3.8) is 0 Å². The van der Waals surface area contributed by atoms with Gasteiger partial charge in [0.1, 0.15) is 5.75 Å². The van der Waals surface area contributed by atoms with Gasteiger partial charge in [-0.2, -0.15) is 0 Å². The number of amides is 3. The molecule has 2 aromatic rings. The summed E-state index contributed by atoms with van der Waals surface area (Å²) in [5.74, 6) is 1.25. The van der Waals surface area contributed by atoms with Crippen molar-refractivity contribution in [3.8, 4) is 5.75 Å². The SMILES string of the molecule is CCOCCCNC(=O)c1cc(NC(=O)Nc2ccc(OC)cc2)ccc1N1CCC(C)CC1. The van der Waals surface area contributed by atoms with E-state index in [0.717, 1.165) is 38.0 Å². The number of ether oxygens (including phenoxy) is 2. The Balaban J connectivity index is 1.71. The van der Waals surface area contributed by atoms with E-state index in [4.69, 9.17) is 9.47 Å². The van der Waals surface area contributed by atoms with Gasteiger partial charge in [-0.3, -0.25) is 4.79 Å². The largest absolute Gasteiger partial charge is 0.497 e. The van der Waals surface area contributed by atoms with E-state index in [1.807, 2.05) is 19.1 Å². The molecule has 184 valence electrons. The van der Waals surface area contributed by atoms with E-state index in [2.05, 4.69) is 27.8 Å². The smallest absolute Gasteiger partial charge is 0.323 e. The Morgan fingerprint density at radius 2 is 1.71 bits per heavy atom. The summed E-state index contributed by atoms with van der Waals surface area (Å²) in [6.07, 6.45) is 2.94. The standard InChI is InChI=1S/C26H36N4O4/c1-4-34-17-5-14-27-25(31)23-18-21(8-11-24(23)30-15-12-19(2)13-16-30)29-26(32)28-20-6-9-22(33-3)10-7-20/h6-11,18-19H,4-5,12-17H2,1-3H3,(H,27,31)(H2,28,29,32). The summed E-state index contributed by atoms with van der Waals surface area (Å²) in [4.78, 5) is 27.9. The molecule has 8 nitrogen and oxygen atoms in total. The second-order valence-corrected chi connectivity index (χ2v) is 8.52. The fraction of sp³-hybridized carbons (Fsp3) is 0.462. The zero-order valence-corrected chi connectivity index (χ0v) is 20.4. The zero-order chi connectivity index (χ0) is 24.3. The monoisotopic (exact) mass is 468 g/mol. The number of piperidine rings is 1. The molecule has 0 aromatic heterocycles. The second kappa shape index (κ2) is 12.8. The van der Waals surface area contributed by atoms with Gasteiger partial charge in [0.05, 0.1) is 12.7 Å². The first-order valence-corrected chi connectivity index (χ1v) is 12.0. The molecule has 1 fully saturated rings. The van der Waals surface area contributed by atoms with Crippen molar-refractivity contribution in [3.05, 3.63) is 48.0 Å². The quantitative estimate of drug-likeness (QED) is 0.439. The average Bonchev–Trinajstić information content (AvgIpc) is 2.85. The van der Waals surface area contributed by atoms with Gasteiger partial charge in [-0.15, -0.1) is 0 Å². The third-order valence-corrected chi connectivity index (χ3v) is 5.93. The van der Waals surface area contributed by atoms with Crippen molar-refractivity contribution in [2.45, 2.75) is 33.1 Å². The van der Waals surface area contributed by atoms with Crippen LogP contribution in [0.3, 0.4) is 0 Å². The summed E-state index contributed by atoms with van der Waals surface area (Å²) >= 11 is 0. The van der Waals surface area contributed by atoms with Gasteiger partial charge in [0.2, 0.25) is 0 Å². The molecule has 1 aliphatic rings. The summed E-state index contributed by atoms with van der Waals surface area (Å²) in [7, 11) is 1.59. The van der Waals surface area contributed by atoms with Crippen LogP contribution < -0.4 is 25.6 Å². The Hall–Kier alpha value is -3.26. The van der Waals surface area contributed by atoms with Crippen LogP contribution in [0.2, 0.25) is 0 Å². The Kier molecular flexibility index (Phi) is 9.58. The number of anilines is 3. The van der Waals surface area contributed by atoms with Gasteiger partial charge >= 0.3 is 6.03 Å². The predicted molar refractivity (Wildman–Crippen MR) is 136 cm³/mol. The number of hydrogen-bond acceptors (Lipinski definition) is 5. The maximum absolute atomic E-state index is 13.1. The van der Waals surface area contributed by atoms with Crippen LogP contribution in [0.15, 0.2) is 42.5 Å². The molecule has 0 spiro atoms. The molecule has 3 N–H and O–H groups in total. The van der Waals surface area contributed by atoms with Crippen molar-refractivity contribution in [1.82, 2.24) is 5.32 Å². The first kappa shape index (κ1) is 25.4. The topological polar surface area (TPSA) is 91.9 Å². The fourth-order valence-corrected chi connectivity index (χ4v) is 3.90. The van der Waals surface area contributed by atoms with Crippen LogP contribution >= 0.6 is 0 Å². The molecular weight excluding hydrogens is 432 g/mol. The molecular formula is C26H36N4O4. The fourth-order valence-electron chi connectivity index (χ4n) is 3.90. The number of carbonyl (C=O) groups is 2. The van der Waals surface area contributed by atoms with Crippen molar-refractivity contribution in [2.24, 2.45) is 5.92 Å². The maximum Gasteiger partial charge on any atom is 0.323 e. The number of hydrogen-bond donors (Lipinski definition) is 3. The number of urea groups is 1. The van der Waals surface area contributed by atoms with Crippen molar-refractivity contribution in [1.29, 1.82) is 0 Å². The summed E-state index contributed by atoms with van der Waals surface area (Å²) in [6.45, 7) is 7.85. The molecule has 0 aliphatic carbocycles. The number of nitrogens with zero attached hydrogens (tertiary/aromatic N) is 1. The highest BCUT2D eigenvalue weighted by molar-refractivity contribution is 6.04. The van der Waals surface area contributed by atoms with Crippen LogP contribution in [-0.2, 0) is 4.74 Å². The number of nitrogens with one attached hydrogen (secondary N) is 3. The van der Waals surface area contributed by atoms with Crippen LogP contribution in [0.25, 0.3) is 0 Å². The van der Waals surface area contributed by atoms with E-state index in [1.54, 1.807) is 37.4 Å². The molecule has 1 heterocycles. The van der Waals surface area contributed by atoms with Crippen LogP contribution in [0.5, 0.6) is 5.75 Å². The second-order valence-electron chi connectivity index (χ2n) is 8.52. The van der Waals surface area contributed by atoms with Crippen molar-refractivity contribution >= 4 is 29.0 Å². The Labute approximate surface area is 202 Å². The lowest BCUT2D eigenvalue weighted by Crippen LogP contribution is -2.35. The van der Waals surface area contributed by atoms with Gasteiger partial charge in [0.25, 0.3) is 5.91 Å². The molecule has 1 aliphatic heterocycles. The Bertz CT molecular complexity index is 940. The lowest BCUT2D eigenvalue weighted by molar-refractivity contribution is 0.0944. The van der Waals surface area contributed by atoms with E-state index in [1.165, 1.54) is 0 Å². The van der Waals surface area contributed by atoms with Crippen molar-refractivity contribution in [2.75, 3.05) is 55.5 Å². The Morgan fingerprint density at radius 3 is 2.38 bits per heavy atom. The molecule has 2 aromatic carbocycles. The molecule has 1 saturated heterocycles. The summed E-state index contributed by atoms with van der Waals surface area (Å²) in [5, 5.41) is 8.62. The van der Waals surface area contributed by atoms with Crippen LogP contribution in [-0.4, -0.2) is 51.9 Å². The first-order valence-electron chi connectivity index (χ1n) is 12.0. The van der Waals surface area contributed by atoms with Gasteiger partial charge < -0.3 is 30.3 Å². The molecule has 0 radical (unpaired) electrons. The normalized spacial score (nSPS) is 13.9. The minimum atomic E-state index is -0.382. The van der Waals surface area contributed by atoms with Gasteiger partial charge in [-0.05, 0) is 74.6 Å². The highest BCUT2D eigenvalue weighted by Crippen LogP contribution is 2.29. The molecule has 0 saturated carbocycles. The highest BCUT2D eigenvalue weighted by Gasteiger charge is 2.22.